The lowest BCUT2D eigenvalue weighted by Crippen LogP contribution is -2.42. The summed E-state index contributed by atoms with van der Waals surface area (Å²) in [5, 5.41) is 2.96. The van der Waals surface area contributed by atoms with Crippen LogP contribution in [0.3, 0.4) is 0 Å². The Hall–Kier alpha value is -1.75. The lowest BCUT2D eigenvalue weighted by molar-refractivity contribution is 0.128. The van der Waals surface area contributed by atoms with Crippen molar-refractivity contribution in [2.24, 2.45) is 22.7 Å². The van der Waals surface area contributed by atoms with E-state index in [1.165, 1.54) is 45.0 Å². The molecule has 5 aliphatic rings. The number of benzene rings is 1. The van der Waals surface area contributed by atoms with Gasteiger partial charge in [0.2, 0.25) is 0 Å². The van der Waals surface area contributed by atoms with Crippen LogP contribution in [0.1, 0.15) is 37.7 Å². The van der Waals surface area contributed by atoms with Gasteiger partial charge in [0.15, 0.2) is 5.75 Å². The maximum Gasteiger partial charge on any atom is 0.412 e. The molecule has 1 aromatic carbocycles. The van der Waals surface area contributed by atoms with Gasteiger partial charge in [-0.3, -0.25) is 0 Å². The number of amidine groups is 1. The van der Waals surface area contributed by atoms with Crippen molar-refractivity contribution in [2.75, 3.05) is 7.05 Å². The molecule has 1 amide bonds. The van der Waals surface area contributed by atoms with Crippen molar-refractivity contribution >= 4 is 29.2 Å². The Bertz CT molecular complexity index is 764. The minimum absolute atomic E-state index is 0.402. The summed E-state index contributed by atoms with van der Waals surface area (Å²) in [6.07, 6.45) is 6.06. The first-order valence-electron chi connectivity index (χ1n) is 9.18. The summed E-state index contributed by atoms with van der Waals surface area (Å²) in [5.74, 6) is 4.00. The average molecular weight is 360 g/mol. The summed E-state index contributed by atoms with van der Waals surface area (Å²) in [6.45, 7) is 0.776. The topological polar surface area (TPSA) is 53.9 Å². The zero-order chi connectivity index (χ0) is 17.1. The van der Waals surface area contributed by atoms with Crippen LogP contribution in [0.2, 0.25) is 5.02 Å². The van der Waals surface area contributed by atoms with Crippen molar-refractivity contribution in [3.8, 4) is 5.75 Å². The molecule has 0 radical (unpaired) electrons. The summed E-state index contributed by atoms with van der Waals surface area (Å²) < 4.78 is 5.28. The van der Waals surface area contributed by atoms with E-state index in [0.717, 1.165) is 29.6 Å². The first kappa shape index (κ1) is 15.5. The first-order chi connectivity index (χ1) is 12.1. The van der Waals surface area contributed by atoms with E-state index in [0.29, 0.717) is 22.7 Å². The second-order valence-corrected chi connectivity index (χ2v) is 8.25. The molecule has 1 aromatic rings. The Kier molecular flexibility index (Phi) is 3.49. The predicted molar refractivity (Wildman–Crippen MR) is 96.5 cm³/mol. The van der Waals surface area contributed by atoms with Gasteiger partial charge in [0.25, 0.3) is 0 Å². The van der Waals surface area contributed by atoms with E-state index in [1.807, 2.05) is 6.07 Å². The molecule has 2 atom stereocenters. The number of hydrogen-bond donors (Lipinski definition) is 1. The zero-order valence-electron chi connectivity index (χ0n) is 14.3. The van der Waals surface area contributed by atoms with Gasteiger partial charge in [-0.2, -0.15) is 0 Å². The Morgan fingerprint density at radius 1 is 1.24 bits per heavy atom. The third-order valence-corrected chi connectivity index (χ3v) is 6.78. The number of rotatable bonds is 1. The molecule has 132 valence electrons. The Morgan fingerprint density at radius 2 is 2.00 bits per heavy atom. The van der Waals surface area contributed by atoms with E-state index >= 15 is 0 Å². The number of carbonyl (C=O) groups excluding carboxylic acids is 1. The lowest BCUT2D eigenvalue weighted by atomic mass is 9.68. The second kappa shape index (κ2) is 5.63. The number of aliphatic imine (C=N–C) groups is 1. The molecule has 2 saturated carbocycles. The Labute approximate surface area is 152 Å². The molecule has 1 N–H and O–H groups in total. The third kappa shape index (κ3) is 2.43. The van der Waals surface area contributed by atoms with Crippen molar-refractivity contribution in [3.05, 3.63) is 22.7 Å². The van der Waals surface area contributed by atoms with E-state index in [9.17, 15) is 4.79 Å². The SMILES string of the molecule is CNC(=O)Oc1ccc2c(c1Cl)CN1C(=N2)C2C[C@H]3CC1C[C@H](C2)C3. The van der Waals surface area contributed by atoms with E-state index in [2.05, 4.69) is 10.2 Å². The number of carbonyl (C=O) groups is 1. The molecule has 6 heteroatoms. The highest BCUT2D eigenvalue weighted by molar-refractivity contribution is 6.33. The maximum atomic E-state index is 11.5. The molecule has 2 aliphatic carbocycles. The van der Waals surface area contributed by atoms with Gasteiger partial charge in [0.1, 0.15) is 5.84 Å². The van der Waals surface area contributed by atoms with Gasteiger partial charge in [-0.05, 0) is 56.1 Å². The molecule has 3 heterocycles. The highest BCUT2D eigenvalue weighted by Gasteiger charge is 2.46. The molecule has 4 bridgehead atoms. The van der Waals surface area contributed by atoms with Crippen molar-refractivity contribution in [3.63, 3.8) is 0 Å². The van der Waals surface area contributed by atoms with Crippen LogP contribution < -0.4 is 10.1 Å². The third-order valence-electron chi connectivity index (χ3n) is 6.37. The van der Waals surface area contributed by atoms with Crippen LogP contribution in [-0.4, -0.2) is 29.9 Å². The number of amides is 1. The number of ether oxygens (including phenoxy) is 1. The molecule has 0 unspecified atom stereocenters. The van der Waals surface area contributed by atoms with Gasteiger partial charge in [-0.1, -0.05) is 11.6 Å². The zero-order valence-corrected chi connectivity index (χ0v) is 15.1. The van der Waals surface area contributed by atoms with Crippen LogP contribution in [0.4, 0.5) is 10.5 Å². The van der Waals surface area contributed by atoms with Gasteiger partial charge >= 0.3 is 6.09 Å². The number of halogens is 1. The minimum Gasteiger partial charge on any atom is -0.409 e. The summed E-state index contributed by atoms with van der Waals surface area (Å²) in [4.78, 5) is 19.1. The lowest BCUT2D eigenvalue weighted by Gasteiger charge is -2.39. The molecule has 0 spiro atoms. The number of nitrogens with zero attached hydrogens (tertiary/aromatic N) is 2. The number of hydrogen-bond acceptors (Lipinski definition) is 4. The molecule has 0 aromatic heterocycles. The highest BCUT2D eigenvalue weighted by atomic mass is 35.5. The van der Waals surface area contributed by atoms with Crippen molar-refractivity contribution in [1.82, 2.24) is 10.2 Å². The molecule has 5 nitrogen and oxygen atoms in total. The monoisotopic (exact) mass is 359 g/mol. The molecular weight excluding hydrogens is 338 g/mol. The van der Waals surface area contributed by atoms with Crippen molar-refractivity contribution in [2.45, 2.75) is 44.7 Å². The van der Waals surface area contributed by atoms with Gasteiger partial charge < -0.3 is 15.0 Å². The normalized spacial score (nSPS) is 31.8. The average Bonchev–Trinajstić information content (AvgIpc) is 2.77. The first-order valence-corrected chi connectivity index (χ1v) is 9.56. The van der Waals surface area contributed by atoms with Gasteiger partial charge in [-0.25, -0.2) is 9.79 Å². The summed E-state index contributed by atoms with van der Waals surface area (Å²) in [7, 11) is 1.54. The smallest absolute Gasteiger partial charge is 0.409 e. The van der Waals surface area contributed by atoms with E-state index < -0.39 is 6.09 Å². The van der Waals surface area contributed by atoms with Crippen LogP contribution in [0.15, 0.2) is 17.1 Å². The number of nitrogens with one attached hydrogen (secondary N) is 1. The van der Waals surface area contributed by atoms with Crippen molar-refractivity contribution < 1.29 is 9.53 Å². The molecule has 4 fully saturated rings. The fraction of sp³-hybridized carbons (Fsp3) is 0.579. The quantitative estimate of drug-likeness (QED) is 0.820. The van der Waals surface area contributed by atoms with Crippen LogP contribution in [0.5, 0.6) is 5.75 Å². The summed E-state index contributed by atoms with van der Waals surface area (Å²) in [5.41, 5.74) is 1.91. The Morgan fingerprint density at radius 3 is 2.72 bits per heavy atom. The maximum absolute atomic E-state index is 11.5. The molecule has 25 heavy (non-hydrogen) atoms. The van der Waals surface area contributed by atoms with E-state index in [4.69, 9.17) is 21.3 Å². The van der Waals surface area contributed by atoms with Crippen LogP contribution in [-0.2, 0) is 6.54 Å². The molecule has 6 rings (SSSR count). The fourth-order valence-electron chi connectivity index (χ4n) is 5.44. The number of fused-ring (bicyclic) bond motifs is 1. The largest absolute Gasteiger partial charge is 0.412 e. The standard InChI is InChI=1S/C19H22ClN3O2/c1-21-19(24)25-16-3-2-15-14(17(16)20)9-23-13-7-10-4-11(8-13)6-12(5-10)18(23)22-15/h2-3,10-13H,4-9H2,1H3,(H,21,24)/t10-,11-,12?,13?/m0/s1. The van der Waals surface area contributed by atoms with Gasteiger partial charge in [0.05, 0.1) is 10.7 Å². The molecule has 2 saturated heterocycles. The second-order valence-electron chi connectivity index (χ2n) is 7.87. The summed E-state index contributed by atoms with van der Waals surface area (Å²) in [6, 6.07) is 4.26. The molecular formula is C19H22ClN3O2. The molecule has 3 aliphatic heterocycles. The van der Waals surface area contributed by atoms with Crippen LogP contribution >= 0.6 is 11.6 Å². The van der Waals surface area contributed by atoms with Crippen molar-refractivity contribution in [1.29, 1.82) is 0 Å². The minimum atomic E-state index is -0.507. The van der Waals surface area contributed by atoms with Gasteiger partial charge in [0, 0.05) is 31.1 Å². The van der Waals surface area contributed by atoms with Crippen LogP contribution in [0, 0.1) is 17.8 Å². The highest BCUT2D eigenvalue weighted by Crippen LogP contribution is 2.51. The predicted octanol–water partition coefficient (Wildman–Crippen LogP) is 4.11. The van der Waals surface area contributed by atoms with Crippen LogP contribution in [0.25, 0.3) is 0 Å². The summed E-state index contributed by atoms with van der Waals surface area (Å²) >= 11 is 6.58. The van der Waals surface area contributed by atoms with E-state index in [1.54, 1.807) is 6.07 Å². The van der Waals surface area contributed by atoms with Gasteiger partial charge in [-0.15, -0.1) is 0 Å². The Balaban J connectivity index is 1.54. The van der Waals surface area contributed by atoms with E-state index in [-0.39, 0.29) is 0 Å². The fourth-order valence-corrected chi connectivity index (χ4v) is 5.69.